The first-order chi connectivity index (χ1) is 7.56. The van der Waals surface area contributed by atoms with E-state index in [0.717, 1.165) is 0 Å². The largest absolute Gasteiger partial charge is 0.493 e. The van der Waals surface area contributed by atoms with Crippen LogP contribution in [-0.2, 0) is 4.74 Å². The van der Waals surface area contributed by atoms with Crippen molar-refractivity contribution in [3.05, 3.63) is 17.2 Å². The van der Waals surface area contributed by atoms with Crippen molar-refractivity contribution in [1.82, 2.24) is 0 Å². The first kappa shape index (κ1) is 12.2. The summed E-state index contributed by atoms with van der Waals surface area (Å²) in [5.41, 5.74) is 7.06. The number of hydrogen-bond donors (Lipinski definition) is 1. The summed E-state index contributed by atoms with van der Waals surface area (Å²) in [6.07, 6.45) is 0. The first-order valence-electron chi connectivity index (χ1n) is 4.66. The topological polar surface area (TPSA) is 70.8 Å². The number of anilines is 1. The van der Waals surface area contributed by atoms with E-state index in [4.69, 9.17) is 15.2 Å². The number of ether oxygens (including phenoxy) is 3. The van der Waals surface area contributed by atoms with Crippen LogP contribution < -0.4 is 15.2 Å². The van der Waals surface area contributed by atoms with E-state index in [1.807, 2.05) is 0 Å². The number of aryl methyl sites for hydroxylation is 1. The Bertz CT molecular complexity index is 415. The van der Waals surface area contributed by atoms with Crippen molar-refractivity contribution >= 4 is 11.7 Å². The molecule has 0 saturated carbocycles. The highest BCUT2D eigenvalue weighted by molar-refractivity contribution is 5.99. The average molecular weight is 225 g/mol. The third-order valence-corrected chi connectivity index (χ3v) is 2.29. The summed E-state index contributed by atoms with van der Waals surface area (Å²) >= 11 is 0. The molecular weight excluding hydrogens is 210 g/mol. The van der Waals surface area contributed by atoms with E-state index in [-0.39, 0.29) is 5.69 Å². The highest BCUT2D eigenvalue weighted by atomic mass is 16.5. The Balaban J connectivity index is 3.46. The Hall–Kier alpha value is -1.91. The van der Waals surface area contributed by atoms with Crippen molar-refractivity contribution in [1.29, 1.82) is 0 Å². The molecule has 0 unspecified atom stereocenters. The Kier molecular flexibility index (Phi) is 3.60. The normalized spacial score (nSPS) is 9.75. The number of nitrogen functional groups attached to an aromatic ring is 1. The van der Waals surface area contributed by atoms with Gasteiger partial charge >= 0.3 is 5.97 Å². The zero-order valence-electron chi connectivity index (χ0n) is 9.79. The molecule has 0 heterocycles. The average Bonchev–Trinajstić information content (AvgIpc) is 2.27. The molecule has 1 aromatic rings. The molecule has 0 radical (unpaired) electrons. The van der Waals surface area contributed by atoms with Crippen LogP contribution in [-0.4, -0.2) is 27.3 Å². The fourth-order valence-electron chi connectivity index (χ4n) is 1.53. The van der Waals surface area contributed by atoms with Gasteiger partial charge in [0.25, 0.3) is 0 Å². The number of benzene rings is 1. The molecule has 2 N–H and O–H groups in total. The van der Waals surface area contributed by atoms with Crippen LogP contribution in [0.4, 0.5) is 5.69 Å². The van der Waals surface area contributed by atoms with Gasteiger partial charge in [-0.05, 0) is 18.6 Å². The summed E-state index contributed by atoms with van der Waals surface area (Å²) in [5, 5.41) is 0. The summed E-state index contributed by atoms with van der Waals surface area (Å²) in [5.74, 6) is 0.342. The Morgan fingerprint density at radius 2 is 1.88 bits per heavy atom. The van der Waals surface area contributed by atoms with Crippen molar-refractivity contribution < 1.29 is 19.0 Å². The predicted molar refractivity (Wildman–Crippen MR) is 60.0 cm³/mol. The van der Waals surface area contributed by atoms with E-state index < -0.39 is 5.97 Å². The van der Waals surface area contributed by atoms with Gasteiger partial charge in [-0.25, -0.2) is 4.79 Å². The monoisotopic (exact) mass is 225 g/mol. The number of methoxy groups -OCH3 is 3. The van der Waals surface area contributed by atoms with Crippen LogP contribution in [0.15, 0.2) is 6.07 Å². The second-order valence-corrected chi connectivity index (χ2v) is 3.21. The summed E-state index contributed by atoms with van der Waals surface area (Å²) in [6, 6.07) is 1.68. The van der Waals surface area contributed by atoms with Gasteiger partial charge in [-0.15, -0.1) is 0 Å². The molecule has 0 bridgehead atoms. The summed E-state index contributed by atoms with van der Waals surface area (Å²) in [6.45, 7) is 1.75. The fraction of sp³-hybridized carbons (Fsp3) is 0.364. The van der Waals surface area contributed by atoms with Crippen LogP contribution in [0.1, 0.15) is 15.9 Å². The molecule has 0 saturated heterocycles. The Morgan fingerprint density at radius 1 is 1.25 bits per heavy atom. The fourth-order valence-corrected chi connectivity index (χ4v) is 1.53. The second kappa shape index (κ2) is 4.74. The predicted octanol–water partition coefficient (Wildman–Crippen LogP) is 1.38. The van der Waals surface area contributed by atoms with Gasteiger partial charge in [0.2, 0.25) is 0 Å². The molecule has 88 valence electrons. The molecule has 0 fully saturated rings. The minimum absolute atomic E-state index is 0.228. The van der Waals surface area contributed by atoms with Gasteiger partial charge < -0.3 is 19.9 Å². The van der Waals surface area contributed by atoms with E-state index in [9.17, 15) is 4.79 Å². The standard InChI is InChI=1S/C11H15NO4/c1-6-5-7(14-2)10(15-3)9(12)8(6)11(13)16-4/h5H,12H2,1-4H3. The molecule has 0 aromatic heterocycles. The van der Waals surface area contributed by atoms with Crippen molar-refractivity contribution in [2.45, 2.75) is 6.92 Å². The molecule has 0 atom stereocenters. The maximum atomic E-state index is 11.5. The molecule has 0 aliphatic rings. The van der Waals surface area contributed by atoms with Crippen LogP contribution in [0.25, 0.3) is 0 Å². The van der Waals surface area contributed by atoms with Crippen LogP contribution in [0.2, 0.25) is 0 Å². The highest BCUT2D eigenvalue weighted by Gasteiger charge is 2.20. The van der Waals surface area contributed by atoms with Gasteiger partial charge in [-0.1, -0.05) is 0 Å². The summed E-state index contributed by atoms with van der Waals surface area (Å²) < 4.78 is 14.9. The van der Waals surface area contributed by atoms with Crippen molar-refractivity contribution in [2.24, 2.45) is 0 Å². The zero-order chi connectivity index (χ0) is 12.3. The molecular formula is C11H15NO4. The van der Waals surface area contributed by atoms with Crippen LogP contribution in [0.5, 0.6) is 11.5 Å². The number of esters is 1. The molecule has 0 spiro atoms. The minimum Gasteiger partial charge on any atom is -0.493 e. The van der Waals surface area contributed by atoms with E-state index in [2.05, 4.69) is 4.74 Å². The number of nitrogens with two attached hydrogens (primary N) is 1. The van der Waals surface area contributed by atoms with E-state index in [1.165, 1.54) is 21.3 Å². The zero-order valence-corrected chi connectivity index (χ0v) is 9.79. The molecule has 16 heavy (non-hydrogen) atoms. The lowest BCUT2D eigenvalue weighted by Crippen LogP contribution is -2.10. The van der Waals surface area contributed by atoms with Crippen molar-refractivity contribution in [3.8, 4) is 11.5 Å². The van der Waals surface area contributed by atoms with Gasteiger partial charge in [-0.2, -0.15) is 0 Å². The maximum absolute atomic E-state index is 11.5. The lowest BCUT2D eigenvalue weighted by atomic mass is 10.1. The molecule has 1 rings (SSSR count). The number of hydrogen-bond acceptors (Lipinski definition) is 5. The smallest absolute Gasteiger partial charge is 0.340 e. The number of rotatable bonds is 3. The Labute approximate surface area is 94.1 Å². The van der Waals surface area contributed by atoms with Crippen molar-refractivity contribution in [3.63, 3.8) is 0 Å². The molecule has 5 nitrogen and oxygen atoms in total. The molecule has 0 aliphatic carbocycles. The maximum Gasteiger partial charge on any atom is 0.340 e. The first-order valence-corrected chi connectivity index (χ1v) is 4.66. The van der Waals surface area contributed by atoms with Crippen molar-refractivity contribution in [2.75, 3.05) is 27.1 Å². The van der Waals surface area contributed by atoms with Gasteiger partial charge in [-0.3, -0.25) is 0 Å². The van der Waals surface area contributed by atoms with Gasteiger partial charge in [0, 0.05) is 0 Å². The second-order valence-electron chi connectivity index (χ2n) is 3.21. The third-order valence-electron chi connectivity index (χ3n) is 2.29. The quantitative estimate of drug-likeness (QED) is 0.621. The van der Waals surface area contributed by atoms with Crippen LogP contribution >= 0.6 is 0 Å². The third kappa shape index (κ3) is 1.88. The highest BCUT2D eigenvalue weighted by Crippen LogP contribution is 2.38. The number of carbonyl (C=O) groups is 1. The van der Waals surface area contributed by atoms with E-state index in [1.54, 1.807) is 13.0 Å². The molecule has 0 amide bonds. The lowest BCUT2D eigenvalue weighted by molar-refractivity contribution is 0.0601. The molecule has 0 aliphatic heterocycles. The van der Waals surface area contributed by atoms with Gasteiger partial charge in [0.1, 0.15) is 0 Å². The van der Waals surface area contributed by atoms with E-state index in [0.29, 0.717) is 22.6 Å². The molecule has 1 aromatic carbocycles. The Morgan fingerprint density at radius 3 is 2.31 bits per heavy atom. The van der Waals surface area contributed by atoms with Gasteiger partial charge in [0.15, 0.2) is 11.5 Å². The number of carbonyl (C=O) groups excluding carboxylic acids is 1. The van der Waals surface area contributed by atoms with Gasteiger partial charge in [0.05, 0.1) is 32.6 Å². The molecule has 5 heteroatoms. The SMILES string of the molecule is COC(=O)c1c(C)cc(OC)c(OC)c1N. The summed E-state index contributed by atoms with van der Waals surface area (Å²) in [4.78, 5) is 11.5. The minimum atomic E-state index is -0.490. The lowest BCUT2D eigenvalue weighted by Gasteiger charge is -2.15. The summed E-state index contributed by atoms with van der Waals surface area (Å²) in [7, 11) is 4.27. The van der Waals surface area contributed by atoms with Crippen LogP contribution in [0, 0.1) is 6.92 Å². The van der Waals surface area contributed by atoms with E-state index >= 15 is 0 Å². The van der Waals surface area contributed by atoms with Crippen LogP contribution in [0.3, 0.4) is 0 Å².